The molecule has 0 aliphatic carbocycles. The van der Waals surface area contributed by atoms with E-state index in [1.165, 1.54) is 0 Å². The van der Waals surface area contributed by atoms with Crippen LogP contribution in [0.5, 0.6) is 0 Å². The Morgan fingerprint density at radius 1 is 1.30 bits per heavy atom. The van der Waals surface area contributed by atoms with E-state index in [1.807, 2.05) is 19.1 Å². The molecule has 1 aromatic carbocycles. The van der Waals surface area contributed by atoms with Crippen LogP contribution < -0.4 is 0 Å². The first-order valence-electron chi connectivity index (χ1n) is 7.18. The lowest BCUT2D eigenvalue weighted by Gasteiger charge is -2.23. The lowest BCUT2D eigenvalue weighted by Crippen LogP contribution is -2.35. The zero-order chi connectivity index (χ0) is 14.8. The van der Waals surface area contributed by atoms with Crippen molar-refractivity contribution in [1.82, 2.24) is 4.31 Å². The molecule has 0 aromatic heterocycles. The molecule has 1 heterocycles. The second-order valence-corrected chi connectivity index (χ2v) is 7.51. The van der Waals surface area contributed by atoms with E-state index in [1.54, 1.807) is 16.4 Å². The van der Waals surface area contributed by atoms with Crippen molar-refractivity contribution in [3.8, 4) is 0 Å². The molecule has 0 spiro atoms. The van der Waals surface area contributed by atoms with Gasteiger partial charge < -0.3 is 5.11 Å². The molecular formula is C15H23NO3S. The topological polar surface area (TPSA) is 57.6 Å². The van der Waals surface area contributed by atoms with Crippen LogP contribution >= 0.6 is 0 Å². The predicted octanol–water partition coefficient (Wildman–Crippen LogP) is 2.17. The molecule has 0 bridgehead atoms. The lowest BCUT2D eigenvalue weighted by atomic mass is 10.0. The Bertz CT molecular complexity index is 539. The largest absolute Gasteiger partial charge is 0.396 e. The molecule has 0 unspecified atom stereocenters. The molecule has 0 amide bonds. The van der Waals surface area contributed by atoms with Crippen LogP contribution in [-0.4, -0.2) is 37.0 Å². The number of hydrogen-bond acceptors (Lipinski definition) is 3. The predicted molar refractivity (Wildman–Crippen MR) is 79.0 cm³/mol. The quantitative estimate of drug-likeness (QED) is 0.906. The maximum absolute atomic E-state index is 12.7. The van der Waals surface area contributed by atoms with E-state index in [9.17, 15) is 13.5 Å². The van der Waals surface area contributed by atoms with E-state index in [0.29, 0.717) is 11.4 Å². The van der Waals surface area contributed by atoms with Crippen molar-refractivity contribution in [3.63, 3.8) is 0 Å². The average molecular weight is 297 g/mol. The summed E-state index contributed by atoms with van der Waals surface area (Å²) in [6, 6.07) is 6.99. The van der Waals surface area contributed by atoms with E-state index < -0.39 is 10.0 Å². The van der Waals surface area contributed by atoms with Crippen LogP contribution in [0, 0.1) is 12.8 Å². The zero-order valence-electron chi connectivity index (χ0n) is 12.1. The Hall–Kier alpha value is -0.910. The summed E-state index contributed by atoms with van der Waals surface area (Å²) in [6.07, 6.45) is 2.56. The van der Waals surface area contributed by atoms with Gasteiger partial charge in [-0.25, -0.2) is 8.42 Å². The number of sulfonamides is 1. The SMILES string of the molecule is CCC[C@H]1C[C@H](CO)CN1S(=O)(=O)c1ccc(C)cc1. The molecule has 0 radical (unpaired) electrons. The number of aliphatic hydroxyl groups is 1. The van der Waals surface area contributed by atoms with Gasteiger partial charge >= 0.3 is 0 Å². The summed E-state index contributed by atoms with van der Waals surface area (Å²) >= 11 is 0. The van der Waals surface area contributed by atoms with Crippen LogP contribution in [0.2, 0.25) is 0 Å². The van der Waals surface area contributed by atoms with Crippen LogP contribution in [0.4, 0.5) is 0 Å². The van der Waals surface area contributed by atoms with E-state index >= 15 is 0 Å². The van der Waals surface area contributed by atoms with Gasteiger partial charge in [-0.1, -0.05) is 31.0 Å². The summed E-state index contributed by atoms with van der Waals surface area (Å²) in [5, 5.41) is 9.32. The van der Waals surface area contributed by atoms with Gasteiger partial charge in [0.25, 0.3) is 0 Å². The van der Waals surface area contributed by atoms with Crippen LogP contribution in [0.1, 0.15) is 31.7 Å². The second kappa shape index (κ2) is 6.24. The first-order valence-corrected chi connectivity index (χ1v) is 8.62. The van der Waals surface area contributed by atoms with E-state index in [0.717, 1.165) is 24.8 Å². The minimum Gasteiger partial charge on any atom is -0.396 e. The van der Waals surface area contributed by atoms with Gasteiger partial charge in [-0.3, -0.25) is 0 Å². The van der Waals surface area contributed by atoms with Gasteiger partial charge in [-0.2, -0.15) is 4.31 Å². The smallest absolute Gasteiger partial charge is 0.243 e. The van der Waals surface area contributed by atoms with Crippen molar-refractivity contribution in [1.29, 1.82) is 0 Å². The van der Waals surface area contributed by atoms with Crippen LogP contribution in [-0.2, 0) is 10.0 Å². The fourth-order valence-corrected chi connectivity index (χ4v) is 4.59. The third-order valence-electron chi connectivity index (χ3n) is 3.96. The minimum atomic E-state index is -3.45. The number of hydrogen-bond donors (Lipinski definition) is 1. The molecule has 112 valence electrons. The first-order chi connectivity index (χ1) is 9.48. The Balaban J connectivity index is 2.29. The zero-order valence-corrected chi connectivity index (χ0v) is 12.9. The fourth-order valence-electron chi connectivity index (χ4n) is 2.85. The molecule has 4 nitrogen and oxygen atoms in total. The first kappa shape index (κ1) is 15.5. The second-order valence-electron chi connectivity index (χ2n) is 5.61. The Morgan fingerprint density at radius 2 is 1.95 bits per heavy atom. The summed E-state index contributed by atoms with van der Waals surface area (Å²) in [5.74, 6) is 0.0618. The maximum Gasteiger partial charge on any atom is 0.243 e. The highest BCUT2D eigenvalue weighted by molar-refractivity contribution is 7.89. The highest BCUT2D eigenvalue weighted by Gasteiger charge is 2.39. The van der Waals surface area contributed by atoms with Gasteiger partial charge in [0.05, 0.1) is 4.90 Å². The highest BCUT2D eigenvalue weighted by atomic mass is 32.2. The molecule has 2 atom stereocenters. The van der Waals surface area contributed by atoms with Gasteiger partial charge in [0.15, 0.2) is 0 Å². The molecule has 1 saturated heterocycles. The summed E-state index contributed by atoms with van der Waals surface area (Å²) in [7, 11) is -3.45. The van der Waals surface area contributed by atoms with Crippen molar-refractivity contribution in [2.24, 2.45) is 5.92 Å². The number of nitrogens with zero attached hydrogens (tertiary/aromatic N) is 1. The van der Waals surface area contributed by atoms with E-state index in [4.69, 9.17) is 0 Å². The fraction of sp³-hybridized carbons (Fsp3) is 0.600. The van der Waals surface area contributed by atoms with Gasteiger partial charge in [-0.15, -0.1) is 0 Å². The molecule has 1 aromatic rings. The molecule has 2 rings (SSSR count). The minimum absolute atomic E-state index is 0.0171. The molecule has 1 aliphatic rings. The van der Waals surface area contributed by atoms with Gasteiger partial charge in [0, 0.05) is 19.2 Å². The highest BCUT2D eigenvalue weighted by Crippen LogP contribution is 2.31. The maximum atomic E-state index is 12.7. The Labute approximate surface area is 121 Å². The molecule has 1 N–H and O–H groups in total. The molecule has 20 heavy (non-hydrogen) atoms. The Kier molecular flexibility index (Phi) is 4.83. The summed E-state index contributed by atoms with van der Waals surface area (Å²) in [5.41, 5.74) is 1.05. The van der Waals surface area contributed by atoms with Crippen molar-refractivity contribution >= 4 is 10.0 Å². The van der Waals surface area contributed by atoms with Crippen LogP contribution in [0.15, 0.2) is 29.2 Å². The number of benzene rings is 1. The van der Waals surface area contributed by atoms with Crippen LogP contribution in [0.25, 0.3) is 0 Å². The summed E-state index contributed by atoms with van der Waals surface area (Å²) < 4.78 is 27.1. The number of aryl methyl sites for hydroxylation is 1. The van der Waals surface area contributed by atoms with Crippen molar-refractivity contribution in [3.05, 3.63) is 29.8 Å². The van der Waals surface area contributed by atoms with Gasteiger partial charge in [0.2, 0.25) is 10.0 Å². The number of aliphatic hydroxyl groups excluding tert-OH is 1. The van der Waals surface area contributed by atoms with E-state index in [-0.39, 0.29) is 18.6 Å². The number of rotatable bonds is 5. The standard InChI is InChI=1S/C15H23NO3S/c1-3-4-14-9-13(11-17)10-16(14)20(18,19)15-7-5-12(2)6-8-15/h5-8,13-14,17H,3-4,9-11H2,1-2H3/t13-,14-/m0/s1. The summed E-state index contributed by atoms with van der Waals surface area (Å²) in [6.45, 7) is 4.48. The van der Waals surface area contributed by atoms with Crippen LogP contribution in [0.3, 0.4) is 0 Å². The average Bonchev–Trinajstić information content (AvgIpc) is 2.84. The summed E-state index contributed by atoms with van der Waals surface area (Å²) in [4.78, 5) is 0.350. The molecular weight excluding hydrogens is 274 g/mol. The molecule has 1 fully saturated rings. The van der Waals surface area contributed by atoms with Gasteiger partial charge in [0.1, 0.15) is 0 Å². The molecule has 1 aliphatic heterocycles. The molecule has 5 heteroatoms. The monoisotopic (exact) mass is 297 g/mol. The Morgan fingerprint density at radius 3 is 2.50 bits per heavy atom. The van der Waals surface area contributed by atoms with Crippen molar-refractivity contribution < 1.29 is 13.5 Å². The molecule has 0 saturated carbocycles. The van der Waals surface area contributed by atoms with Gasteiger partial charge in [-0.05, 0) is 37.8 Å². The van der Waals surface area contributed by atoms with Crippen molar-refractivity contribution in [2.45, 2.75) is 44.0 Å². The lowest BCUT2D eigenvalue weighted by molar-refractivity contribution is 0.233. The van der Waals surface area contributed by atoms with E-state index in [2.05, 4.69) is 6.92 Å². The third kappa shape index (κ3) is 3.05. The third-order valence-corrected chi connectivity index (χ3v) is 5.89. The van der Waals surface area contributed by atoms with Crippen molar-refractivity contribution in [2.75, 3.05) is 13.2 Å². The normalized spacial score (nSPS) is 24.1.